The normalized spacial score (nSPS) is 11.2. The predicted octanol–water partition coefficient (Wildman–Crippen LogP) is 2.54. The summed E-state index contributed by atoms with van der Waals surface area (Å²) < 4.78 is 1.36. The van der Waals surface area contributed by atoms with Crippen molar-refractivity contribution in [1.29, 1.82) is 0 Å². The quantitative estimate of drug-likeness (QED) is 0.534. The molecule has 0 saturated heterocycles. The molecule has 23 heavy (non-hydrogen) atoms. The number of hydrogen-bond donors (Lipinski definition) is 0. The largest absolute Gasteiger partial charge is 0.296 e. The van der Waals surface area contributed by atoms with E-state index in [1.165, 1.54) is 4.52 Å². The van der Waals surface area contributed by atoms with Crippen LogP contribution in [0.15, 0.2) is 59.4 Å². The van der Waals surface area contributed by atoms with E-state index >= 15 is 0 Å². The van der Waals surface area contributed by atoms with Crippen molar-refractivity contribution in [3.8, 4) is 0 Å². The maximum absolute atomic E-state index is 12.4. The van der Waals surface area contributed by atoms with Gasteiger partial charge in [-0.05, 0) is 12.5 Å². The molecule has 0 aliphatic carbocycles. The SMILES string of the molecule is Cc1nnc2c3ccccc3c(Cc3ccccc3)nn2c1=O. The fourth-order valence-electron chi connectivity index (χ4n) is 2.74. The minimum Gasteiger partial charge on any atom is -0.265 e. The first kappa shape index (κ1) is 13.6. The third-order valence-corrected chi connectivity index (χ3v) is 3.91. The highest BCUT2D eigenvalue weighted by Crippen LogP contribution is 2.21. The van der Waals surface area contributed by atoms with E-state index in [-0.39, 0.29) is 5.56 Å². The molecule has 2 heterocycles. The van der Waals surface area contributed by atoms with Gasteiger partial charge in [0.1, 0.15) is 5.69 Å². The molecule has 0 N–H and O–H groups in total. The molecule has 2 aromatic carbocycles. The molecule has 0 unspecified atom stereocenters. The molecule has 0 saturated carbocycles. The van der Waals surface area contributed by atoms with Crippen LogP contribution in [-0.2, 0) is 6.42 Å². The van der Waals surface area contributed by atoms with E-state index in [1.807, 2.05) is 42.5 Å². The summed E-state index contributed by atoms with van der Waals surface area (Å²) >= 11 is 0. The summed E-state index contributed by atoms with van der Waals surface area (Å²) in [6.45, 7) is 1.65. The molecule has 4 rings (SSSR count). The minimum absolute atomic E-state index is 0.227. The molecule has 0 aliphatic rings. The van der Waals surface area contributed by atoms with Gasteiger partial charge >= 0.3 is 0 Å². The lowest BCUT2D eigenvalue weighted by Gasteiger charge is -2.09. The molecule has 5 nitrogen and oxygen atoms in total. The third kappa shape index (κ3) is 2.26. The molecule has 0 amide bonds. The van der Waals surface area contributed by atoms with Gasteiger partial charge < -0.3 is 0 Å². The number of nitrogens with zero attached hydrogens (tertiary/aromatic N) is 4. The van der Waals surface area contributed by atoms with Crippen molar-refractivity contribution < 1.29 is 0 Å². The standard InChI is InChI=1S/C18H14N4O/c1-12-18(23)22-17(20-19-12)15-10-6-5-9-14(15)16(21-22)11-13-7-3-2-4-8-13/h2-10H,11H2,1H3. The lowest BCUT2D eigenvalue weighted by Crippen LogP contribution is -2.23. The molecule has 0 fully saturated rings. The zero-order chi connectivity index (χ0) is 15.8. The number of hydrogen-bond acceptors (Lipinski definition) is 4. The summed E-state index contributed by atoms with van der Waals surface area (Å²) in [5.41, 5.74) is 2.61. The van der Waals surface area contributed by atoms with Crippen molar-refractivity contribution in [3.05, 3.63) is 81.9 Å². The molecule has 0 aliphatic heterocycles. The van der Waals surface area contributed by atoms with Crippen LogP contribution in [0.4, 0.5) is 0 Å². The molecular formula is C18H14N4O. The number of fused-ring (bicyclic) bond motifs is 3. The van der Waals surface area contributed by atoms with Gasteiger partial charge in [0, 0.05) is 17.2 Å². The first-order valence-electron chi connectivity index (χ1n) is 7.42. The average Bonchev–Trinajstić information content (AvgIpc) is 2.60. The Kier molecular flexibility index (Phi) is 3.12. The number of rotatable bonds is 2. The molecule has 0 atom stereocenters. The Balaban J connectivity index is 2.05. The fraction of sp³-hybridized carbons (Fsp3) is 0.111. The second-order valence-corrected chi connectivity index (χ2v) is 5.48. The molecule has 5 heteroatoms. The van der Waals surface area contributed by atoms with Crippen LogP contribution in [-0.4, -0.2) is 19.8 Å². The maximum atomic E-state index is 12.4. The third-order valence-electron chi connectivity index (χ3n) is 3.91. The average molecular weight is 302 g/mol. The van der Waals surface area contributed by atoms with Crippen LogP contribution in [0.5, 0.6) is 0 Å². The smallest absolute Gasteiger partial charge is 0.265 e. The predicted molar refractivity (Wildman–Crippen MR) is 88.5 cm³/mol. The van der Waals surface area contributed by atoms with Gasteiger partial charge in [-0.2, -0.15) is 9.61 Å². The second-order valence-electron chi connectivity index (χ2n) is 5.48. The Morgan fingerprint density at radius 1 is 0.913 bits per heavy atom. The van der Waals surface area contributed by atoms with Crippen LogP contribution in [0.3, 0.4) is 0 Å². The monoisotopic (exact) mass is 302 g/mol. The molecule has 4 aromatic rings. The van der Waals surface area contributed by atoms with Gasteiger partial charge in [0.15, 0.2) is 5.65 Å². The Morgan fingerprint density at radius 2 is 1.61 bits per heavy atom. The van der Waals surface area contributed by atoms with Crippen molar-refractivity contribution in [2.45, 2.75) is 13.3 Å². The zero-order valence-corrected chi connectivity index (χ0v) is 12.6. The summed E-state index contributed by atoms with van der Waals surface area (Å²) in [5.74, 6) is 0. The van der Waals surface area contributed by atoms with Crippen LogP contribution in [0.25, 0.3) is 16.4 Å². The highest BCUT2D eigenvalue weighted by molar-refractivity contribution is 5.94. The maximum Gasteiger partial charge on any atom is 0.296 e. The van der Waals surface area contributed by atoms with Gasteiger partial charge in [-0.15, -0.1) is 10.2 Å². The first-order chi connectivity index (χ1) is 11.2. The van der Waals surface area contributed by atoms with Crippen LogP contribution >= 0.6 is 0 Å². The van der Waals surface area contributed by atoms with Crippen molar-refractivity contribution >= 4 is 16.4 Å². The van der Waals surface area contributed by atoms with Crippen LogP contribution in [0.2, 0.25) is 0 Å². The number of benzene rings is 2. The van der Waals surface area contributed by atoms with E-state index in [4.69, 9.17) is 0 Å². The summed E-state index contributed by atoms with van der Waals surface area (Å²) in [6, 6.07) is 17.9. The highest BCUT2D eigenvalue weighted by Gasteiger charge is 2.12. The van der Waals surface area contributed by atoms with E-state index in [2.05, 4.69) is 27.4 Å². The summed E-state index contributed by atoms with van der Waals surface area (Å²) in [7, 11) is 0. The van der Waals surface area contributed by atoms with E-state index in [9.17, 15) is 4.79 Å². The molecule has 0 spiro atoms. The van der Waals surface area contributed by atoms with Crippen molar-refractivity contribution in [2.75, 3.05) is 0 Å². The van der Waals surface area contributed by atoms with Crippen LogP contribution in [0.1, 0.15) is 17.0 Å². The topological polar surface area (TPSA) is 60.1 Å². The van der Waals surface area contributed by atoms with Gasteiger partial charge in [0.25, 0.3) is 5.56 Å². The lowest BCUT2D eigenvalue weighted by molar-refractivity contribution is 0.787. The second kappa shape index (κ2) is 5.28. The first-order valence-corrected chi connectivity index (χ1v) is 7.42. The highest BCUT2D eigenvalue weighted by atomic mass is 16.1. The van der Waals surface area contributed by atoms with E-state index in [0.29, 0.717) is 17.8 Å². The van der Waals surface area contributed by atoms with Gasteiger partial charge in [-0.3, -0.25) is 4.79 Å². The molecule has 2 aromatic heterocycles. The van der Waals surface area contributed by atoms with Gasteiger partial charge in [0.2, 0.25) is 0 Å². The zero-order valence-electron chi connectivity index (χ0n) is 12.6. The minimum atomic E-state index is -0.227. The molecule has 112 valence electrons. The van der Waals surface area contributed by atoms with Crippen molar-refractivity contribution in [3.63, 3.8) is 0 Å². The fourth-order valence-corrected chi connectivity index (χ4v) is 2.74. The van der Waals surface area contributed by atoms with Gasteiger partial charge in [0.05, 0.1) is 5.69 Å². The summed E-state index contributed by atoms with van der Waals surface area (Å²) in [4.78, 5) is 12.4. The number of aromatic nitrogens is 4. The summed E-state index contributed by atoms with van der Waals surface area (Å²) in [6.07, 6.45) is 0.658. The van der Waals surface area contributed by atoms with E-state index < -0.39 is 0 Å². The van der Waals surface area contributed by atoms with Crippen LogP contribution in [0, 0.1) is 6.92 Å². The Hall–Kier alpha value is -3.08. The lowest BCUT2D eigenvalue weighted by atomic mass is 10.0. The Morgan fingerprint density at radius 3 is 2.39 bits per heavy atom. The molecule has 0 radical (unpaired) electrons. The van der Waals surface area contributed by atoms with Gasteiger partial charge in [-0.1, -0.05) is 54.6 Å². The van der Waals surface area contributed by atoms with Crippen LogP contribution < -0.4 is 5.56 Å². The van der Waals surface area contributed by atoms with E-state index in [1.54, 1.807) is 6.92 Å². The van der Waals surface area contributed by atoms with Gasteiger partial charge in [-0.25, -0.2) is 0 Å². The van der Waals surface area contributed by atoms with Crippen molar-refractivity contribution in [1.82, 2.24) is 19.8 Å². The van der Waals surface area contributed by atoms with E-state index in [0.717, 1.165) is 22.0 Å². The Labute approximate surface area is 132 Å². The Bertz CT molecular complexity index is 1070. The number of aryl methyl sites for hydroxylation is 1. The molecular weight excluding hydrogens is 288 g/mol. The molecule has 0 bridgehead atoms. The van der Waals surface area contributed by atoms with Crippen molar-refractivity contribution in [2.24, 2.45) is 0 Å². The summed E-state index contributed by atoms with van der Waals surface area (Å²) in [5, 5.41) is 14.6.